The van der Waals surface area contributed by atoms with E-state index in [1.165, 1.54) is 0 Å². The molecule has 0 bridgehead atoms. The molecule has 0 saturated carbocycles. The van der Waals surface area contributed by atoms with E-state index in [4.69, 9.17) is 5.11 Å². The van der Waals surface area contributed by atoms with Gasteiger partial charge in [0.05, 0.1) is 0 Å². The molecule has 1 aromatic carbocycles. The van der Waals surface area contributed by atoms with Gasteiger partial charge in [0, 0.05) is 46.5 Å². The summed E-state index contributed by atoms with van der Waals surface area (Å²) in [6, 6.07) is 5.41. The van der Waals surface area contributed by atoms with Gasteiger partial charge in [0.15, 0.2) is 0 Å². The van der Waals surface area contributed by atoms with Crippen molar-refractivity contribution in [3.8, 4) is 11.8 Å². The second-order valence-electron chi connectivity index (χ2n) is 4.58. The van der Waals surface area contributed by atoms with E-state index in [1.807, 2.05) is 13.0 Å². The maximum Gasteiger partial charge on any atom is 0.254 e. The molecular formula is C15H17NO3S. The largest absolute Gasteiger partial charge is 0.384 e. The van der Waals surface area contributed by atoms with Gasteiger partial charge >= 0.3 is 0 Å². The molecule has 1 aliphatic rings. The van der Waals surface area contributed by atoms with E-state index in [2.05, 4.69) is 11.8 Å². The van der Waals surface area contributed by atoms with Crippen LogP contribution in [0.5, 0.6) is 0 Å². The summed E-state index contributed by atoms with van der Waals surface area (Å²) in [6.45, 7) is 2.74. The number of hydrogen-bond donors (Lipinski definition) is 1. The van der Waals surface area contributed by atoms with E-state index < -0.39 is 10.8 Å². The Morgan fingerprint density at radius 3 is 2.75 bits per heavy atom. The highest BCUT2D eigenvalue weighted by Gasteiger charge is 2.22. The molecule has 0 unspecified atom stereocenters. The van der Waals surface area contributed by atoms with E-state index in [0.717, 1.165) is 11.1 Å². The fourth-order valence-corrected chi connectivity index (χ4v) is 3.20. The molecule has 1 fully saturated rings. The first-order chi connectivity index (χ1) is 9.63. The minimum atomic E-state index is -0.792. The first-order valence-corrected chi connectivity index (χ1v) is 7.96. The van der Waals surface area contributed by atoms with E-state index in [1.54, 1.807) is 17.0 Å². The summed E-state index contributed by atoms with van der Waals surface area (Å²) in [6.07, 6.45) is 0. The molecule has 1 N–H and O–H groups in total. The number of rotatable bonds is 1. The van der Waals surface area contributed by atoms with Crippen LogP contribution in [0.15, 0.2) is 18.2 Å². The second kappa shape index (κ2) is 6.69. The van der Waals surface area contributed by atoms with Gasteiger partial charge in [-0.05, 0) is 24.6 Å². The molecule has 1 amide bonds. The highest BCUT2D eigenvalue weighted by Crippen LogP contribution is 2.16. The number of carbonyl (C=O) groups is 1. The smallest absolute Gasteiger partial charge is 0.254 e. The van der Waals surface area contributed by atoms with Crippen LogP contribution in [0.4, 0.5) is 0 Å². The normalized spacial score (nSPS) is 15.6. The lowest BCUT2D eigenvalue weighted by Gasteiger charge is -2.27. The van der Waals surface area contributed by atoms with Gasteiger partial charge in [-0.1, -0.05) is 17.9 Å². The molecule has 1 aromatic rings. The number of carbonyl (C=O) groups excluding carboxylic acids is 1. The molecule has 4 nitrogen and oxygen atoms in total. The van der Waals surface area contributed by atoms with Gasteiger partial charge in [-0.25, -0.2) is 0 Å². The van der Waals surface area contributed by atoms with Crippen LogP contribution in [0.25, 0.3) is 0 Å². The summed E-state index contributed by atoms with van der Waals surface area (Å²) in [4.78, 5) is 14.2. The van der Waals surface area contributed by atoms with Crippen LogP contribution in [-0.2, 0) is 10.8 Å². The second-order valence-corrected chi connectivity index (χ2v) is 6.27. The van der Waals surface area contributed by atoms with Crippen LogP contribution in [0.3, 0.4) is 0 Å². The minimum absolute atomic E-state index is 0.0353. The van der Waals surface area contributed by atoms with E-state index in [0.29, 0.717) is 30.2 Å². The van der Waals surface area contributed by atoms with Crippen LogP contribution < -0.4 is 0 Å². The van der Waals surface area contributed by atoms with Crippen molar-refractivity contribution < 1.29 is 14.1 Å². The lowest BCUT2D eigenvalue weighted by Crippen LogP contribution is -2.42. The molecule has 2 rings (SSSR count). The summed E-state index contributed by atoms with van der Waals surface area (Å²) < 4.78 is 11.3. The van der Waals surface area contributed by atoms with Crippen molar-refractivity contribution in [2.45, 2.75) is 6.92 Å². The van der Waals surface area contributed by atoms with Gasteiger partial charge in [0.2, 0.25) is 0 Å². The monoisotopic (exact) mass is 291 g/mol. The zero-order valence-electron chi connectivity index (χ0n) is 11.4. The summed E-state index contributed by atoms with van der Waals surface area (Å²) in [7, 11) is -0.792. The Hall–Kier alpha value is -1.64. The Balaban J connectivity index is 2.24. The fourth-order valence-electron chi connectivity index (χ4n) is 2.15. The molecule has 1 aliphatic heterocycles. The summed E-state index contributed by atoms with van der Waals surface area (Å²) in [5, 5.41) is 8.75. The standard InChI is InChI=1S/C15H17NO3S/c1-12-13(5-3-9-17)4-2-6-14(12)15(18)16-7-10-20(19)11-8-16/h2,4,6,17H,7-11H2,1H3. The molecule has 1 heterocycles. The number of amides is 1. The first-order valence-electron chi connectivity index (χ1n) is 6.47. The summed E-state index contributed by atoms with van der Waals surface area (Å²) >= 11 is 0. The molecule has 20 heavy (non-hydrogen) atoms. The van der Waals surface area contributed by atoms with Crippen LogP contribution in [0, 0.1) is 18.8 Å². The average molecular weight is 291 g/mol. The van der Waals surface area contributed by atoms with E-state index in [9.17, 15) is 9.00 Å². The molecule has 0 atom stereocenters. The van der Waals surface area contributed by atoms with Crippen LogP contribution in [-0.4, -0.2) is 51.3 Å². The quantitative estimate of drug-likeness (QED) is 0.769. The fraction of sp³-hybridized carbons (Fsp3) is 0.400. The van der Waals surface area contributed by atoms with Crippen LogP contribution in [0.2, 0.25) is 0 Å². The lowest BCUT2D eigenvalue weighted by atomic mass is 10.0. The zero-order chi connectivity index (χ0) is 14.5. The molecule has 0 aliphatic carbocycles. The molecular weight excluding hydrogens is 274 g/mol. The molecule has 1 saturated heterocycles. The van der Waals surface area contributed by atoms with Crippen molar-refractivity contribution in [1.29, 1.82) is 0 Å². The Morgan fingerprint density at radius 2 is 2.10 bits per heavy atom. The molecule has 0 radical (unpaired) electrons. The highest BCUT2D eigenvalue weighted by atomic mass is 32.2. The average Bonchev–Trinajstić information content (AvgIpc) is 2.46. The predicted molar refractivity (Wildman–Crippen MR) is 78.9 cm³/mol. The van der Waals surface area contributed by atoms with Crippen molar-refractivity contribution >= 4 is 16.7 Å². The van der Waals surface area contributed by atoms with Gasteiger partial charge in [0.25, 0.3) is 5.91 Å². The first kappa shape index (κ1) is 14.8. The van der Waals surface area contributed by atoms with Crippen molar-refractivity contribution in [3.05, 3.63) is 34.9 Å². The van der Waals surface area contributed by atoms with Gasteiger partial charge in [-0.2, -0.15) is 0 Å². The minimum Gasteiger partial charge on any atom is -0.384 e. The number of hydrogen-bond acceptors (Lipinski definition) is 3. The third kappa shape index (κ3) is 3.27. The predicted octanol–water partition coefficient (Wildman–Crippen LogP) is 0.543. The number of nitrogens with zero attached hydrogens (tertiary/aromatic N) is 1. The van der Waals surface area contributed by atoms with Gasteiger partial charge < -0.3 is 10.0 Å². The lowest BCUT2D eigenvalue weighted by molar-refractivity contribution is 0.0770. The molecule has 0 aromatic heterocycles. The van der Waals surface area contributed by atoms with Crippen molar-refractivity contribution in [2.75, 3.05) is 31.2 Å². The SMILES string of the molecule is Cc1c(C#CCO)cccc1C(=O)N1CCS(=O)CC1. The molecule has 106 valence electrons. The third-order valence-electron chi connectivity index (χ3n) is 3.33. The van der Waals surface area contributed by atoms with Crippen molar-refractivity contribution in [3.63, 3.8) is 0 Å². The Kier molecular flexibility index (Phi) is 4.94. The van der Waals surface area contributed by atoms with Crippen LogP contribution >= 0.6 is 0 Å². The van der Waals surface area contributed by atoms with E-state index >= 15 is 0 Å². The van der Waals surface area contributed by atoms with Gasteiger partial charge in [-0.3, -0.25) is 9.00 Å². The van der Waals surface area contributed by atoms with E-state index in [-0.39, 0.29) is 12.5 Å². The number of benzene rings is 1. The zero-order valence-corrected chi connectivity index (χ0v) is 12.2. The van der Waals surface area contributed by atoms with Gasteiger partial charge in [0.1, 0.15) is 6.61 Å². The Morgan fingerprint density at radius 1 is 1.40 bits per heavy atom. The van der Waals surface area contributed by atoms with Crippen molar-refractivity contribution in [2.24, 2.45) is 0 Å². The molecule has 5 heteroatoms. The van der Waals surface area contributed by atoms with Crippen molar-refractivity contribution in [1.82, 2.24) is 4.90 Å². The highest BCUT2D eigenvalue weighted by molar-refractivity contribution is 7.85. The number of aliphatic hydroxyl groups excluding tert-OH is 1. The van der Waals surface area contributed by atoms with Crippen LogP contribution in [0.1, 0.15) is 21.5 Å². The number of aliphatic hydroxyl groups is 1. The van der Waals surface area contributed by atoms with Gasteiger partial charge in [-0.15, -0.1) is 0 Å². The summed E-state index contributed by atoms with van der Waals surface area (Å²) in [5.41, 5.74) is 2.21. The topological polar surface area (TPSA) is 57.6 Å². The molecule has 0 spiro atoms. The Labute approximate surface area is 121 Å². The maximum absolute atomic E-state index is 12.5. The Bertz CT molecular complexity index is 591. The summed E-state index contributed by atoms with van der Waals surface area (Å²) in [5.74, 6) is 6.51. The maximum atomic E-state index is 12.5. The third-order valence-corrected chi connectivity index (χ3v) is 4.61.